The second-order valence-electron chi connectivity index (χ2n) is 7.59. The zero-order valence-corrected chi connectivity index (χ0v) is 17.2. The smallest absolute Gasteiger partial charge is 0.111 e. The molecular formula is C22H29N3OS. The summed E-state index contributed by atoms with van der Waals surface area (Å²) < 4.78 is 7.79. The lowest BCUT2D eigenvalue weighted by molar-refractivity contribution is 0.122. The molecule has 0 N–H and O–H groups in total. The predicted octanol–water partition coefficient (Wildman–Crippen LogP) is 4.09. The van der Waals surface area contributed by atoms with E-state index in [2.05, 4.69) is 58.5 Å². The molecule has 2 aliphatic rings. The monoisotopic (exact) mass is 383 g/mol. The van der Waals surface area contributed by atoms with Crippen LogP contribution in [0.15, 0.2) is 30.3 Å². The van der Waals surface area contributed by atoms with E-state index in [1.54, 1.807) is 0 Å². The molecular weight excluding hydrogens is 354 g/mol. The Kier molecular flexibility index (Phi) is 5.50. The van der Waals surface area contributed by atoms with Crippen LogP contribution in [0.3, 0.4) is 0 Å². The number of aromatic nitrogens is 1. The minimum atomic E-state index is 0.814. The molecule has 1 aromatic heterocycles. The van der Waals surface area contributed by atoms with Gasteiger partial charge in [0.15, 0.2) is 0 Å². The maximum atomic E-state index is 5.85. The lowest BCUT2D eigenvalue weighted by atomic mass is 10.1. The van der Waals surface area contributed by atoms with Gasteiger partial charge in [-0.2, -0.15) is 0 Å². The Balaban J connectivity index is 1.58. The highest BCUT2D eigenvalue weighted by atomic mass is 32.1. The van der Waals surface area contributed by atoms with E-state index in [0.717, 1.165) is 44.4 Å². The first kappa shape index (κ1) is 18.5. The molecule has 3 heterocycles. The predicted molar refractivity (Wildman–Crippen MR) is 115 cm³/mol. The third kappa shape index (κ3) is 3.76. The number of anilines is 1. The number of hydrogen-bond donors (Lipinski definition) is 0. The molecule has 2 aromatic rings. The van der Waals surface area contributed by atoms with Crippen LogP contribution in [0.1, 0.15) is 36.2 Å². The van der Waals surface area contributed by atoms with E-state index < -0.39 is 0 Å². The van der Waals surface area contributed by atoms with Crippen molar-refractivity contribution in [2.45, 2.75) is 33.1 Å². The first-order chi connectivity index (χ1) is 13.1. The Morgan fingerprint density at radius 3 is 2.19 bits per heavy atom. The first-order valence-electron chi connectivity index (χ1n) is 10.1. The number of ether oxygens (including phenoxy) is 1. The van der Waals surface area contributed by atoms with Gasteiger partial charge in [-0.05, 0) is 63.4 Å². The summed E-state index contributed by atoms with van der Waals surface area (Å²) in [5.74, 6) is 0. The minimum Gasteiger partial charge on any atom is -0.378 e. The molecule has 2 saturated heterocycles. The molecule has 0 bridgehead atoms. The van der Waals surface area contributed by atoms with Gasteiger partial charge >= 0.3 is 0 Å². The van der Waals surface area contributed by atoms with E-state index in [4.69, 9.17) is 17.0 Å². The van der Waals surface area contributed by atoms with E-state index in [-0.39, 0.29) is 0 Å². The summed E-state index contributed by atoms with van der Waals surface area (Å²) in [7, 11) is 0. The molecule has 4 rings (SSSR count). The van der Waals surface area contributed by atoms with Crippen LogP contribution in [0.4, 0.5) is 5.69 Å². The van der Waals surface area contributed by atoms with Crippen molar-refractivity contribution in [3.8, 4) is 5.69 Å². The number of rotatable bonds is 3. The highest BCUT2D eigenvalue weighted by molar-refractivity contribution is 7.80. The van der Waals surface area contributed by atoms with E-state index in [9.17, 15) is 0 Å². The molecule has 0 radical (unpaired) electrons. The second-order valence-corrected chi connectivity index (χ2v) is 7.98. The molecule has 0 atom stereocenters. The zero-order chi connectivity index (χ0) is 18.8. The van der Waals surface area contributed by atoms with Gasteiger partial charge in [0.05, 0.1) is 13.2 Å². The Morgan fingerprint density at radius 1 is 0.889 bits per heavy atom. The van der Waals surface area contributed by atoms with Crippen LogP contribution in [0.2, 0.25) is 0 Å². The van der Waals surface area contributed by atoms with Crippen molar-refractivity contribution in [3.05, 3.63) is 47.3 Å². The van der Waals surface area contributed by atoms with Gasteiger partial charge < -0.3 is 19.1 Å². The SMILES string of the molecule is Cc1cc(C(=S)N2CCCCC2)c(C)n1-c1ccc(N2CCOCC2)cc1. The number of morpholine rings is 1. The summed E-state index contributed by atoms with van der Waals surface area (Å²) in [6.07, 6.45) is 3.83. The van der Waals surface area contributed by atoms with Crippen LogP contribution in [-0.2, 0) is 4.74 Å². The third-order valence-corrected chi connectivity index (χ3v) is 6.27. The van der Waals surface area contributed by atoms with Gasteiger partial charge in [-0.15, -0.1) is 0 Å². The fourth-order valence-corrected chi connectivity index (χ4v) is 4.67. The van der Waals surface area contributed by atoms with Crippen LogP contribution >= 0.6 is 12.2 Å². The fourth-order valence-electron chi connectivity index (χ4n) is 4.28. The van der Waals surface area contributed by atoms with Crippen molar-refractivity contribution < 1.29 is 4.74 Å². The van der Waals surface area contributed by atoms with Crippen LogP contribution in [-0.4, -0.2) is 53.8 Å². The second kappa shape index (κ2) is 8.03. The number of likely N-dealkylation sites (tertiary alicyclic amines) is 1. The summed E-state index contributed by atoms with van der Waals surface area (Å²) in [6.45, 7) is 10.1. The van der Waals surface area contributed by atoms with Gasteiger partial charge in [0.1, 0.15) is 4.99 Å². The largest absolute Gasteiger partial charge is 0.378 e. The number of nitrogens with zero attached hydrogens (tertiary/aromatic N) is 3. The number of thiocarbonyl (C=S) groups is 1. The van der Waals surface area contributed by atoms with Gasteiger partial charge in [0.25, 0.3) is 0 Å². The van der Waals surface area contributed by atoms with Crippen molar-refractivity contribution in [2.24, 2.45) is 0 Å². The quantitative estimate of drug-likeness (QED) is 0.744. The van der Waals surface area contributed by atoms with Gasteiger partial charge in [-0.3, -0.25) is 0 Å². The average Bonchev–Trinajstić information content (AvgIpc) is 3.03. The average molecular weight is 384 g/mol. The molecule has 144 valence electrons. The zero-order valence-electron chi connectivity index (χ0n) is 16.4. The maximum Gasteiger partial charge on any atom is 0.111 e. The summed E-state index contributed by atoms with van der Waals surface area (Å²) in [5.41, 5.74) is 6.16. The lowest BCUT2D eigenvalue weighted by Crippen LogP contribution is -2.36. The fraction of sp³-hybridized carbons (Fsp3) is 0.500. The molecule has 0 amide bonds. The number of aryl methyl sites for hydroxylation is 1. The molecule has 4 nitrogen and oxygen atoms in total. The topological polar surface area (TPSA) is 20.6 Å². The van der Waals surface area contributed by atoms with Gasteiger partial charge in [-0.1, -0.05) is 12.2 Å². The van der Waals surface area contributed by atoms with Crippen LogP contribution in [0, 0.1) is 13.8 Å². The first-order valence-corrected chi connectivity index (χ1v) is 10.5. The van der Waals surface area contributed by atoms with E-state index >= 15 is 0 Å². The molecule has 0 saturated carbocycles. The molecule has 0 spiro atoms. The van der Waals surface area contributed by atoms with E-state index in [0.29, 0.717) is 0 Å². The van der Waals surface area contributed by atoms with Gasteiger partial charge in [0, 0.05) is 54.5 Å². The van der Waals surface area contributed by atoms with Gasteiger partial charge in [0.2, 0.25) is 0 Å². The Hall–Kier alpha value is -1.85. The Bertz CT molecular complexity index is 800. The van der Waals surface area contributed by atoms with Crippen molar-refractivity contribution in [2.75, 3.05) is 44.3 Å². The summed E-state index contributed by atoms with van der Waals surface area (Å²) >= 11 is 5.85. The molecule has 2 aliphatic heterocycles. The van der Waals surface area contributed by atoms with Crippen molar-refractivity contribution in [1.82, 2.24) is 9.47 Å². The molecule has 5 heteroatoms. The van der Waals surface area contributed by atoms with Gasteiger partial charge in [-0.25, -0.2) is 0 Å². The molecule has 0 aliphatic carbocycles. The van der Waals surface area contributed by atoms with Crippen molar-refractivity contribution in [3.63, 3.8) is 0 Å². The van der Waals surface area contributed by atoms with Crippen LogP contribution in [0.25, 0.3) is 5.69 Å². The minimum absolute atomic E-state index is 0.814. The summed E-state index contributed by atoms with van der Waals surface area (Å²) in [6, 6.07) is 11.1. The van der Waals surface area contributed by atoms with Crippen molar-refractivity contribution >= 4 is 22.9 Å². The van der Waals surface area contributed by atoms with Crippen LogP contribution < -0.4 is 4.90 Å². The van der Waals surface area contributed by atoms with Crippen LogP contribution in [0.5, 0.6) is 0 Å². The highest BCUT2D eigenvalue weighted by Crippen LogP contribution is 2.26. The van der Waals surface area contributed by atoms with Crippen molar-refractivity contribution in [1.29, 1.82) is 0 Å². The molecule has 0 unspecified atom stereocenters. The number of benzene rings is 1. The Morgan fingerprint density at radius 2 is 1.52 bits per heavy atom. The number of piperidine rings is 1. The number of hydrogen-bond acceptors (Lipinski definition) is 3. The summed E-state index contributed by atoms with van der Waals surface area (Å²) in [5, 5.41) is 0. The van der Waals surface area contributed by atoms with E-state index in [1.165, 1.54) is 47.6 Å². The maximum absolute atomic E-state index is 5.85. The third-order valence-electron chi connectivity index (χ3n) is 5.79. The Labute approximate surface area is 167 Å². The standard InChI is InChI=1S/C22H29N3OS/c1-17-16-21(22(27)24-10-4-3-5-11-24)18(2)25(17)20-8-6-19(7-9-20)23-12-14-26-15-13-23/h6-9,16H,3-5,10-15H2,1-2H3. The van der Waals surface area contributed by atoms with E-state index in [1.807, 2.05) is 0 Å². The molecule has 2 fully saturated rings. The highest BCUT2D eigenvalue weighted by Gasteiger charge is 2.20. The molecule has 1 aromatic carbocycles. The molecule has 27 heavy (non-hydrogen) atoms. The normalized spacial score (nSPS) is 18.0. The lowest BCUT2D eigenvalue weighted by Gasteiger charge is -2.29. The summed E-state index contributed by atoms with van der Waals surface area (Å²) in [4.78, 5) is 5.78.